The largest absolute Gasteiger partial charge is 0.435 e. The minimum absolute atomic E-state index is 0.320. The van der Waals surface area contributed by atoms with Crippen molar-refractivity contribution in [3.05, 3.63) is 48.4 Å². The van der Waals surface area contributed by atoms with Crippen LogP contribution >= 0.6 is 12.9 Å². The van der Waals surface area contributed by atoms with Gasteiger partial charge in [0.2, 0.25) is 5.71 Å². The molecule has 0 atom stereocenters. The van der Waals surface area contributed by atoms with Crippen LogP contribution in [0, 0.1) is 0 Å². The number of aromatic amines is 1. The number of oxime groups is 1. The van der Waals surface area contributed by atoms with Crippen molar-refractivity contribution < 1.29 is 8.70 Å². The Morgan fingerprint density at radius 3 is 3.00 bits per heavy atom. The summed E-state index contributed by atoms with van der Waals surface area (Å²) in [6.07, 6.45) is 3.28. The zero-order chi connectivity index (χ0) is 12.4. The van der Waals surface area contributed by atoms with Gasteiger partial charge >= 0.3 is 0 Å². The molecule has 7 heteroatoms. The molecule has 0 radical (unpaired) electrons. The Morgan fingerprint density at radius 2 is 2.28 bits per heavy atom. The number of hydrogen-bond acceptors (Lipinski definition) is 6. The van der Waals surface area contributed by atoms with Crippen molar-refractivity contribution in [2.45, 2.75) is 0 Å². The third kappa shape index (κ3) is 1.84. The molecule has 0 aliphatic carbocycles. The molecular formula is C11H8N4O2S. The Kier molecular flexibility index (Phi) is 2.73. The number of thiol groups is 1. The first kappa shape index (κ1) is 10.8. The van der Waals surface area contributed by atoms with Crippen LogP contribution in [0.5, 0.6) is 0 Å². The van der Waals surface area contributed by atoms with Crippen molar-refractivity contribution >= 4 is 29.7 Å². The van der Waals surface area contributed by atoms with Crippen LogP contribution in [-0.2, 0) is 4.28 Å². The lowest BCUT2D eigenvalue weighted by molar-refractivity contribution is 0.411. The second-order valence-corrected chi connectivity index (χ2v) is 3.61. The summed E-state index contributed by atoms with van der Waals surface area (Å²) < 4.78 is 10.1. The molecule has 2 heterocycles. The minimum Gasteiger partial charge on any atom is -0.435 e. The maximum atomic E-state index is 5.59. The summed E-state index contributed by atoms with van der Waals surface area (Å²) in [4.78, 5) is 11.3. The summed E-state index contributed by atoms with van der Waals surface area (Å²) in [5.41, 5.74) is 1.77. The van der Waals surface area contributed by atoms with Crippen LogP contribution in [0.2, 0.25) is 0 Å². The molecule has 3 rings (SSSR count). The fraction of sp³-hybridized carbons (Fsp3) is 0. The van der Waals surface area contributed by atoms with Gasteiger partial charge in [-0.2, -0.15) is 0 Å². The third-order valence-corrected chi connectivity index (χ3v) is 2.43. The molecule has 0 aliphatic heterocycles. The molecule has 90 valence electrons. The van der Waals surface area contributed by atoms with Gasteiger partial charge in [0.05, 0.1) is 12.9 Å². The molecule has 6 nitrogen and oxygen atoms in total. The van der Waals surface area contributed by atoms with Crippen LogP contribution in [-0.4, -0.2) is 20.7 Å². The number of benzene rings is 1. The first-order valence-corrected chi connectivity index (χ1v) is 5.49. The molecular weight excluding hydrogens is 252 g/mol. The smallest absolute Gasteiger partial charge is 0.253 e. The molecule has 2 aromatic heterocycles. The zero-order valence-electron chi connectivity index (χ0n) is 9.07. The van der Waals surface area contributed by atoms with E-state index in [1.807, 2.05) is 24.3 Å². The normalized spacial score (nSPS) is 11.9. The first-order valence-electron chi connectivity index (χ1n) is 5.13. The number of aromatic nitrogens is 3. The van der Waals surface area contributed by atoms with Gasteiger partial charge in [0.25, 0.3) is 5.89 Å². The number of fused-ring (bicyclic) bond motifs is 1. The molecule has 0 fully saturated rings. The molecule has 1 N–H and O–H groups in total. The lowest BCUT2D eigenvalue weighted by atomic mass is 10.3. The number of nitrogens with one attached hydrogen (secondary N) is 1. The SMILES string of the molecule is SO/N=C(\c1ncc[nH]1)c1nc2ccccc2o1. The van der Waals surface area contributed by atoms with Gasteiger partial charge < -0.3 is 13.7 Å². The number of para-hydroxylation sites is 2. The van der Waals surface area contributed by atoms with Crippen LogP contribution in [0.1, 0.15) is 11.7 Å². The highest BCUT2D eigenvalue weighted by Gasteiger charge is 2.17. The fourth-order valence-electron chi connectivity index (χ4n) is 1.59. The van der Waals surface area contributed by atoms with Gasteiger partial charge in [0, 0.05) is 12.4 Å². The molecule has 1 aromatic carbocycles. The second-order valence-electron chi connectivity index (χ2n) is 3.45. The Hall–Kier alpha value is -2.28. The molecule has 18 heavy (non-hydrogen) atoms. The first-order chi connectivity index (χ1) is 8.88. The number of rotatable bonds is 3. The van der Waals surface area contributed by atoms with Crippen molar-refractivity contribution in [1.29, 1.82) is 0 Å². The van der Waals surface area contributed by atoms with Crippen molar-refractivity contribution in [3.8, 4) is 0 Å². The Balaban J connectivity index is 2.13. The Morgan fingerprint density at radius 1 is 1.39 bits per heavy atom. The zero-order valence-corrected chi connectivity index (χ0v) is 9.96. The maximum Gasteiger partial charge on any atom is 0.253 e. The van der Waals surface area contributed by atoms with Crippen molar-refractivity contribution in [3.63, 3.8) is 0 Å². The van der Waals surface area contributed by atoms with Crippen molar-refractivity contribution in [2.24, 2.45) is 5.16 Å². The summed E-state index contributed by atoms with van der Waals surface area (Å²) >= 11 is 3.61. The molecule has 0 saturated carbocycles. The summed E-state index contributed by atoms with van der Waals surface area (Å²) in [5, 5.41) is 3.76. The van der Waals surface area contributed by atoms with Gasteiger partial charge in [-0.1, -0.05) is 17.3 Å². The van der Waals surface area contributed by atoms with Crippen LogP contribution in [0.15, 0.2) is 46.2 Å². The van der Waals surface area contributed by atoms with Crippen LogP contribution in [0.4, 0.5) is 0 Å². The molecule has 3 aromatic rings. The summed E-state index contributed by atoms with van der Waals surface area (Å²) in [5.74, 6) is 0.816. The van der Waals surface area contributed by atoms with Crippen LogP contribution in [0.25, 0.3) is 11.1 Å². The van der Waals surface area contributed by atoms with Gasteiger partial charge in [0.1, 0.15) is 5.52 Å². The molecule has 0 aliphatic rings. The van der Waals surface area contributed by atoms with E-state index in [-0.39, 0.29) is 0 Å². The molecule has 0 bridgehead atoms. The second kappa shape index (κ2) is 4.53. The van der Waals surface area contributed by atoms with Crippen LogP contribution in [0.3, 0.4) is 0 Å². The fourth-order valence-corrected chi connectivity index (χ4v) is 1.67. The van der Waals surface area contributed by atoms with Gasteiger partial charge in [-0.25, -0.2) is 9.97 Å². The minimum atomic E-state index is 0.320. The Labute approximate surface area is 107 Å². The topological polar surface area (TPSA) is 76.3 Å². The van der Waals surface area contributed by atoms with Crippen molar-refractivity contribution in [2.75, 3.05) is 0 Å². The lowest BCUT2D eigenvalue weighted by Crippen LogP contribution is -2.06. The predicted octanol–water partition coefficient (Wildman–Crippen LogP) is 2.16. The average molecular weight is 260 g/mol. The summed E-state index contributed by atoms with van der Waals surface area (Å²) in [6, 6.07) is 7.43. The molecule has 0 unspecified atom stereocenters. The van der Waals surface area contributed by atoms with E-state index in [1.54, 1.807) is 12.4 Å². The quantitative estimate of drug-likeness (QED) is 0.327. The van der Waals surface area contributed by atoms with E-state index in [2.05, 4.69) is 37.3 Å². The van der Waals surface area contributed by atoms with Crippen LogP contribution < -0.4 is 0 Å². The monoisotopic (exact) mass is 260 g/mol. The van der Waals surface area contributed by atoms with Gasteiger partial charge in [-0.05, 0) is 12.1 Å². The van der Waals surface area contributed by atoms with E-state index >= 15 is 0 Å². The number of hydrogen-bond donors (Lipinski definition) is 2. The van der Waals surface area contributed by atoms with E-state index in [1.165, 1.54) is 0 Å². The number of oxazole rings is 1. The highest BCUT2D eigenvalue weighted by atomic mass is 32.1. The summed E-state index contributed by atoms with van der Waals surface area (Å²) in [6.45, 7) is 0. The number of imidazole rings is 1. The van der Waals surface area contributed by atoms with Gasteiger partial charge in [0.15, 0.2) is 11.4 Å². The molecule has 0 saturated heterocycles. The highest BCUT2D eigenvalue weighted by Crippen LogP contribution is 2.17. The predicted molar refractivity (Wildman–Crippen MR) is 68.3 cm³/mol. The lowest BCUT2D eigenvalue weighted by Gasteiger charge is -1.95. The number of nitrogens with zero attached hydrogens (tertiary/aromatic N) is 3. The standard InChI is InChI=1S/C11H8N4O2S/c18-17-15-9(10-12-5-6-13-10)11-14-7-3-1-2-4-8(7)16-11/h1-6,18H,(H,12,13)/b15-9+. The summed E-state index contributed by atoms with van der Waals surface area (Å²) in [7, 11) is 0. The third-order valence-electron chi connectivity index (χ3n) is 2.35. The van der Waals surface area contributed by atoms with Gasteiger partial charge in [-0.15, -0.1) is 0 Å². The number of H-pyrrole nitrogens is 1. The average Bonchev–Trinajstić information content (AvgIpc) is 3.04. The molecule has 0 amide bonds. The van der Waals surface area contributed by atoms with E-state index in [0.717, 1.165) is 5.52 Å². The Bertz CT molecular complexity index is 657. The van der Waals surface area contributed by atoms with E-state index in [0.29, 0.717) is 23.0 Å². The highest BCUT2D eigenvalue weighted by molar-refractivity contribution is 7.75. The van der Waals surface area contributed by atoms with E-state index in [9.17, 15) is 0 Å². The van der Waals surface area contributed by atoms with Crippen molar-refractivity contribution in [1.82, 2.24) is 15.0 Å². The maximum absolute atomic E-state index is 5.59. The molecule has 0 spiro atoms. The van der Waals surface area contributed by atoms with E-state index in [4.69, 9.17) is 4.42 Å². The van der Waals surface area contributed by atoms with E-state index < -0.39 is 0 Å². The van der Waals surface area contributed by atoms with Gasteiger partial charge in [-0.3, -0.25) is 0 Å².